The summed E-state index contributed by atoms with van der Waals surface area (Å²) in [6.45, 7) is 2.83. The summed E-state index contributed by atoms with van der Waals surface area (Å²) in [6.07, 6.45) is 0.904. The number of aromatic nitrogens is 2. The van der Waals surface area contributed by atoms with Crippen LogP contribution in [0, 0.1) is 6.92 Å². The lowest BCUT2D eigenvalue weighted by Crippen LogP contribution is -2.07. The average molecular weight is 234 g/mol. The Bertz CT molecular complexity index is 467. The summed E-state index contributed by atoms with van der Waals surface area (Å²) in [4.78, 5) is 8.55. The number of nitrogen functional groups attached to an aromatic ring is 1. The van der Waals surface area contributed by atoms with Crippen molar-refractivity contribution in [1.29, 1.82) is 0 Å². The minimum Gasteiger partial charge on any atom is -0.384 e. The van der Waals surface area contributed by atoms with Crippen molar-refractivity contribution in [2.75, 3.05) is 17.6 Å². The molecule has 0 aromatic carbocycles. The van der Waals surface area contributed by atoms with Gasteiger partial charge in [-0.05, 0) is 19.1 Å². The minimum absolute atomic E-state index is 0.537. The Hall–Kier alpha value is -1.62. The smallest absolute Gasteiger partial charge is 0.128 e. The summed E-state index contributed by atoms with van der Waals surface area (Å²) in [5.41, 5.74) is 6.71. The zero-order valence-electron chi connectivity index (χ0n) is 9.10. The van der Waals surface area contributed by atoms with Crippen LogP contribution in [0.25, 0.3) is 0 Å². The molecular formula is C11H14N4S. The first-order chi connectivity index (χ1) is 7.74. The van der Waals surface area contributed by atoms with Gasteiger partial charge in [-0.15, -0.1) is 11.3 Å². The molecule has 0 aliphatic carbocycles. The molecular weight excluding hydrogens is 220 g/mol. The molecule has 2 heterocycles. The molecule has 5 heteroatoms. The molecule has 0 saturated carbocycles. The summed E-state index contributed by atoms with van der Waals surface area (Å²) in [5, 5.41) is 6.41. The van der Waals surface area contributed by atoms with Gasteiger partial charge in [0.15, 0.2) is 0 Å². The van der Waals surface area contributed by atoms with Gasteiger partial charge < -0.3 is 11.1 Å². The van der Waals surface area contributed by atoms with Crippen LogP contribution in [0.5, 0.6) is 0 Å². The first-order valence-electron chi connectivity index (χ1n) is 5.11. The van der Waals surface area contributed by atoms with E-state index in [0.29, 0.717) is 5.82 Å². The lowest BCUT2D eigenvalue weighted by molar-refractivity contribution is 0.961. The number of nitrogens with one attached hydrogen (secondary N) is 1. The van der Waals surface area contributed by atoms with E-state index in [2.05, 4.69) is 20.7 Å². The number of pyridine rings is 1. The molecule has 0 bridgehead atoms. The number of nitrogens with zero attached hydrogens (tertiary/aromatic N) is 2. The zero-order valence-corrected chi connectivity index (χ0v) is 9.92. The Balaban J connectivity index is 1.84. The zero-order chi connectivity index (χ0) is 11.4. The fourth-order valence-corrected chi connectivity index (χ4v) is 2.04. The van der Waals surface area contributed by atoms with Gasteiger partial charge in [0.1, 0.15) is 11.6 Å². The minimum atomic E-state index is 0.537. The summed E-state index contributed by atoms with van der Waals surface area (Å²) >= 11 is 1.68. The first-order valence-corrected chi connectivity index (χ1v) is 5.99. The molecule has 0 atom stereocenters. The van der Waals surface area contributed by atoms with E-state index in [9.17, 15) is 0 Å². The molecule has 3 N–H and O–H groups in total. The summed E-state index contributed by atoms with van der Waals surface area (Å²) in [5.74, 6) is 1.35. The largest absolute Gasteiger partial charge is 0.384 e. The maximum atomic E-state index is 5.58. The Kier molecular flexibility index (Phi) is 3.36. The van der Waals surface area contributed by atoms with E-state index in [-0.39, 0.29) is 0 Å². The van der Waals surface area contributed by atoms with Gasteiger partial charge in [-0.2, -0.15) is 0 Å². The van der Waals surface area contributed by atoms with E-state index in [1.165, 1.54) is 0 Å². The van der Waals surface area contributed by atoms with Crippen molar-refractivity contribution in [3.05, 3.63) is 34.3 Å². The molecule has 0 fully saturated rings. The van der Waals surface area contributed by atoms with Gasteiger partial charge in [0.25, 0.3) is 0 Å². The van der Waals surface area contributed by atoms with Crippen LogP contribution in [-0.2, 0) is 6.42 Å². The van der Waals surface area contributed by atoms with Crippen LogP contribution in [0.15, 0.2) is 23.6 Å². The van der Waals surface area contributed by atoms with Crippen LogP contribution < -0.4 is 11.1 Å². The predicted molar refractivity (Wildman–Crippen MR) is 67.7 cm³/mol. The van der Waals surface area contributed by atoms with Gasteiger partial charge in [-0.1, -0.05) is 6.07 Å². The quantitative estimate of drug-likeness (QED) is 0.850. The highest BCUT2D eigenvalue weighted by Crippen LogP contribution is 2.09. The molecule has 0 unspecified atom stereocenters. The fraction of sp³-hybridized carbons (Fsp3) is 0.273. The number of thiazole rings is 1. The fourth-order valence-electron chi connectivity index (χ4n) is 1.39. The Morgan fingerprint density at radius 1 is 1.38 bits per heavy atom. The van der Waals surface area contributed by atoms with E-state index in [4.69, 9.17) is 5.73 Å². The van der Waals surface area contributed by atoms with E-state index in [1.807, 2.05) is 19.1 Å². The average Bonchev–Trinajstić information content (AvgIpc) is 2.64. The van der Waals surface area contributed by atoms with Gasteiger partial charge in [0.05, 0.1) is 10.7 Å². The lowest BCUT2D eigenvalue weighted by Gasteiger charge is -2.04. The molecule has 0 radical (unpaired) electrons. The molecule has 4 nitrogen and oxygen atoms in total. The molecule has 0 aliphatic heterocycles. The van der Waals surface area contributed by atoms with Crippen molar-refractivity contribution in [2.24, 2.45) is 0 Å². The van der Waals surface area contributed by atoms with Crippen LogP contribution in [-0.4, -0.2) is 16.5 Å². The van der Waals surface area contributed by atoms with E-state index in [1.54, 1.807) is 17.4 Å². The number of nitrogens with two attached hydrogens (primary N) is 1. The Labute approximate surface area is 98.6 Å². The van der Waals surface area contributed by atoms with Gasteiger partial charge in [-0.3, -0.25) is 0 Å². The molecule has 2 aromatic heterocycles. The standard InChI is InChI=1S/C11H14N4S/c1-8-14-9(7-16-8)5-6-13-11-4-2-3-10(12)15-11/h2-4,7H,5-6H2,1H3,(H3,12,13,15). The second-order valence-corrected chi connectivity index (χ2v) is 4.54. The summed E-state index contributed by atoms with van der Waals surface area (Å²) in [6, 6.07) is 5.56. The van der Waals surface area contributed by atoms with Crippen molar-refractivity contribution in [3.63, 3.8) is 0 Å². The number of anilines is 2. The molecule has 16 heavy (non-hydrogen) atoms. The Morgan fingerprint density at radius 2 is 2.25 bits per heavy atom. The summed E-state index contributed by atoms with van der Waals surface area (Å²) in [7, 11) is 0. The van der Waals surface area contributed by atoms with Gasteiger partial charge in [0.2, 0.25) is 0 Å². The third kappa shape index (κ3) is 2.93. The highest BCUT2D eigenvalue weighted by atomic mass is 32.1. The maximum absolute atomic E-state index is 5.58. The number of rotatable bonds is 4. The first kappa shape index (κ1) is 10.9. The SMILES string of the molecule is Cc1nc(CCNc2cccc(N)n2)cs1. The molecule has 2 rings (SSSR count). The molecule has 0 saturated heterocycles. The normalized spacial score (nSPS) is 10.3. The molecule has 2 aromatic rings. The van der Waals surface area contributed by atoms with Crippen molar-refractivity contribution in [2.45, 2.75) is 13.3 Å². The topological polar surface area (TPSA) is 63.8 Å². The maximum Gasteiger partial charge on any atom is 0.128 e. The Morgan fingerprint density at radius 3 is 2.94 bits per heavy atom. The molecule has 0 spiro atoms. The van der Waals surface area contributed by atoms with Gasteiger partial charge >= 0.3 is 0 Å². The van der Waals surface area contributed by atoms with Crippen LogP contribution in [0.4, 0.5) is 11.6 Å². The number of aryl methyl sites for hydroxylation is 1. The van der Waals surface area contributed by atoms with E-state index < -0.39 is 0 Å². The monoisotopic (exact) mass is 234 g/mol. The predicted octanol–water partition coefficient (Wildman–Crippen LogP) is 2.08. The van der Waals surface area contributed by atoms with Gasteiger partial charge in [0, 0.05) is 18.3 Å². The third-order valence-corrected chi connectivity index (χ3v) is 2.95. The molecule has 0 amide bonds. The lowest BCUT2D eigenvalue weighted by atomic mass is 10.3. The van der Waals surface area contributed by atoms with Crippen LogP contribution in [0.3, 0.4) is 0 Å². The highest BCUT2D eigenvalue weighted by molar-refractivity contribution is 7.09. The van der Waals surface area contributed by atoms with Crippen molar-refractivity contribution >= 4 is 23.0 Å². The van der Waals surface area contributed by atoms with Crippen LogP contribution in [0.2, 0.25) is 0 Å². The van der Waals surface area contributed by atoms with Crippen LogP contribution in [0.1, 0.15) is 10.7 Å². The van der Waals surface area contributed by atoms with Crippen molar-refractivity contribution in [1.82, 2.24) is 9.97 Å². The third-order valence-electron chi connectivity index (χ3n) is 2.12. The van der Waals surface area contributed by atoms with Crippen LogP contribution >= 0.6 is 11.3 Å². The summed E-state index contributed by atoms with van der Waals surface area (Å²) < 4.78 is 0. The molecule has 0 aliphatic rings. The van der Waals surface area contributed by atoms with Crippen molar-refractivity contribution in [3.8, 4) is 0 Å². The highest BCUT2D eigenvalue weighted by Gasteiger charge is 1.98. The second-order valence-electron chi connectivity index (χ2n) is 3.48. The number of hydrogen-bond acceptors (Lipinski definition) is 5. The number of hydrogen-bond donors (Lipinski definition) is 2. The van der Waals surface area contributed by atoms with Crippen molar-refractivity contribution < 1.29 is 0 Å². The van der Waals surface area contributed by atoms with E-state index in [0.717, 1.165) is 29.5 Å². The molecule has 84 valence electrons. The van der Waals surface area contributed by atoms with Gasteiger partial charge in [-0.25, -0.2) is 9.97 Å². The van der Waals surface area contributed by atoms with E-state index >= 15 is 0 Å². The second kappa shape index (κ2) is 4.94.